The first-order valence-corrected chi connectivity index (χ1v) is 11.8. The van der Waals surface area contributed by atoms with Gasteiger partial charge in [0, 0.05) is 36.4 Å². The van der Waals surface area contributed by atoms with Crippen LogP contribution in [0.15, 0.2) is 12.3 Å². The smallest absolute Gasteiger partial charge is 0.0608 e. The zero-order chi connectivity index (χ0) is 19.5. The number of allylic oxidation sites excluding steroid dienone is 1. The van der Waals surface area contributed by atoms with Crippen molar-refractivity contribution in [3.05, 3.63) is 23.5 Å². The van der Waals surface area contributed by atoms with Gasteiger partial charge in [-0.15, -0.1) is 0 Å². The Labute approximate surface area is 171 Å². The Bertz CT molecular complexity index is 647. The Morgan fingerprint density at radius 3 is 2.46 bits per heavy atom. The highest BCUT2D eigenvalue weighted by Gasteiger charge is 2.42. The van der Waals surface area contributed by atoms with Crippen LogP contribution in [0.25, 0.3) is 6.08 Å². The molecule has 28 heavy (non-hydrogen) atoms. The molecule has 2 bridgehead atoms. The van der Waals surface area contributed by atoms with Crippen molar-refractivity contribution in [2.45, 2.75) is 109 Å². The number of fused-ring (bicyclic) bond motifs is 2. The number of rotatable bonds is 8. The lowest BCUT2D eigenvalue weighted by atomic mass is 9.97. The van der Waals surface area contributed by atoms with Crippen LogP contribution in [0.4, 0.5) is 0 Å². The van der Waals surface area contributed by atoms with Crippen LogP contribution in [0.5, 0.6) is 0 Å². The quantitative estimate of drug-likeness (QED) is 0.626. The SMILES string of the molecule is CC=Cc1cnn(CC(C)CN2C3CCC2CC(OC2CCCC2)C3)c1CC. The Kier molecular flexibility index (Phi) is 6.57. The van der Waals surface area contributed by atoms with E-state index >= 15 is 0 Å². The van der Waals surface area contributed by atoms with Crippen LogP contribution in [-0.4, -0.2) is 45.5 Å². The molecule has 1 saturated carbocycles. The molecule has 3 aliphatic rings. The minimum absolute atomic E-state index is 0.522. The molecule has 2 saturated heterocycles. The van der Waals surface area contributed by atoms with Crippen molar-refractivity contribution in [1.82, 2.24) is 14.7 Å². The van der Waals surface area contributed by atoms with Gasteiger partial charge in [0.1, 0.15) is 0 Å². The molecule has 2 aliphatic heterocycles. The minimum Gasteiger partial charge on any atom is -0.375 e. The zero-order valence-corrected chi connectivity index (χ0v) is 18.1. The maximum Gasteiger partial charge on any atom is 0.0608 e. The summed E-state index contributed by atoms with van der Waals surface area (Å²) >= 11 is 0. The molecule has 4 nitrogen and oxygen atoms in total. The van der Waals surface area contributed by atoms with Crippen LogP contribution in [0.2, 0.25) is 0 Å². The van der Waals surface area contributed by atoms with Crippen LogP contribution >= 0.6 is 0 Å². The average Bonchev–Trinajstić information content (AvgIpc) is 3.36. The second-order valence-corrected chi connectivity index (χ2v) is 9.41. The summed E-state index contributed by atoms with van der Waals surface area (Å²) in [4.78, 5) is 2.82. The molecule has 3 atom stereocenters. The molecule has 0 N–H and O–H groups in total. The predicted molar refractivity (Wildman–Crippen MR) is 115 cm³/mol. The number of hydrogen-bond acceptors (Lipinski definition) is 3. The fourth-order valence-corrected chi connectivity index (χ4v) is 5.93. The van der Waals surface area contributed by atoms with Gasteiger partial charge in [0.25, 0.3) is 0 Å². The van der Waals surface area contributed by atoms with Gasteiger partial charge in [-0.1, -0.05) is 38.8 Å². The van der Waals surface area contributed by atoms with Gasteiger partial charge in [-0.2, -0.15) is 5.10 Å². The Morgan fingerprint density at radius 2 is 1.82 bits per heavy atom. The van der Waals surface area contributed by atoms with E-state index in [-0.39, 0.29) is 0 Å². The van der Waals surface area contributed by atoms with Crippen LogP contribution in [0.1, 0.15) is 83.4 Å². The highest BCUT2D eigenvalue weighted by Crippen LogP contribution is 2.39. The van der Waals surface area contributed by atoms with Gasteiger partial charge in [-0.05, 0) is 57.8 Å². The summed E-state index contributed by atoms with van der Waals surface area (Å²) in [5.74, 6) is 0.624. The molecule has 0 radical (unpaired) electrons. The monoisotopic (exact) mass is 385 g/mol. The standard InChI is InChI=1S/C24H39N3O/c1-4-8-19-15-25-27(24(19)5-2)17-18(3)16-26-20-11-12-21(26)14-23(13-20)28-22-9-6-7-10-22/h4,8,15,18,20-23H,5-7,9-14,16-17H2,1-3H3. The molecule has 4 heteroatoms. The van der Waals surface area contributed by atoms with Gasteiger partial charge in [-0.25, -0.2) is 0 Å². The maximum atomic E-state index is 6.49. The molecule has 0 amide bonds. The lowest BCUT2D eigenvalue weighted by Crippen LogP contribution is -2.48. The van der Waals surface area contributed by atoms with E-state index < -0.39 is 0 Å². The summed E-state index contributed by atoms with van der Waals surface area (Å²) in [7, 11) is 0. The van der Waals surface area contributed by atoms with Crippen molar-refractivity contribution in [2.24, 2.45) is 5.92 Å². The van der Waals surface area contributed by atoms with Crippen molar-refractivity contribution in [3.8, 4) is 0 Å². The predicted octanol–water partition coefficient (Wildman–Crippen LogP) is 5.07. The van der Waals surface area contributed by atoms with Crippen LogP contribution in [0, 0.1) is 5.92 Å². The second kappa shape index (κ2) is 9.13. The molecular weight excluding hydrogens is 346 g/mol. The Morgan fingerprint density at radius 1 is 1.11 bits per heavy atom. The summed E-state index contributed by atoms with van der Waals surface area (Å²) < 4.78 is 8.74. The van der Waals surface area contributed by atoms with E-state index in [2.05, 4.69) is 47.6 Å². The summed E-state index contributed by atoms with van der Waals surface area (Å²) in [6, 6.07) is 1.49. The molecule has 1 aromatic rings. The number of nitrogens with zero attached hydrogens (tertiary/aromatic N) is 3. The van der Waals surface area contributed by atoms with Crippen molar-refractivity contribution in [2.75, 3.05) is 6.54 Å². The van der Waals surface area contributed by atoms with Crippen LogP contribution < -0.4 is 0 Å². The zero-order valence-electron chi connectivity index (χ0n) is 18.1. The molecular formula is C24H39N3O. The van der Waals surface area contributed by atoms with Crippen molar-refractivity contribution >= 4 is 6.08 Å². The normalized spacial score (nSPS) is 29.9. The molecule has 3 heterocycles. The average molecular weight is 386 g/mol. The van der Waals surface area contributed by atoms with Gasteiger partial charge >= 0.3 is 0 Å². The molecule has 0 spiro atoms. The maximum absolute atomic E-state index is 6.49. The van der Waals surface area contributed by atoms with Crippen molar-refractivity contribution < 1.29 is 4.74 Å². The molecule has 1 aliphatic carbocycles. The molecule has 156 valence electrons. The largest absolute Gasteiger partial charge is 0.375 e. The Balaban J connectivity index is 1.32. The fourth-order valence-electron chi connectivity index (χ4n) is 5.93. The highest BCUT2D eigenvalue weighted by molar-refractivity contribution is 5.50. The van der Waals surface area contributed by atoms with E-state index in [1.807, 2.05) is 6.20 Å². The fraction of sp³-hybridized carbons (Fsp3) is 0.792. The van der Waals surface area contributed by atoms with E-state index in [1.165, 1.54) is 69.2 Å². The van der Waals surface area contributed by atoms with E-state index in [1.54, 1.807) is 0 Å². The molecule has 1 aromatic heterocycles. The molecule has 3 unspecified atom stereocenters. The third kappa shape index (κ3) is 4.38. The lowest BCUT2D eigenvalue weighted by molar-refractivity contribution is -0.0604. The summed E-state index contributed by atoms with van der Waals surface area (Å²) in [6.07, 6.45) is 19.0. The number of ether oxygens (including phenoxy) is 1. The van der Waals surface area contributed by atoms with E-state index in [0.29, 0.717) is 18.1 Å². The first-order chi connectivity index (χ1) is 13.7. The van der Waals surface area contributed by atoms with Crippen molar-refractivity contribution in [1.29, 1.82) is 0 Å². The van der Waals surface area contributed by atoms with Crippen LogP contribution in [-0.2, 0) is 17.7 Å². The second-order valence-electron chi connectivity index (χ2n) is 9.41. The topological polar surface area (TPSA) is 30.3 Å². The summed E-state index contributed by atoms with van der Waals surface area (Å²) in [6.45, 7) is 8.94. The van der Waals surface area contributed by atoms with Gasteiger partial charge in [0.05, 0.1) is 18.4 Å². The lowest BCUT2D eigenvalue weighted by Gasteiger charge is -2.40. The molecule has 0 aromatic carbocycles. The molecule has 3 fully saturated rings. The summed E-state index contributed by atoms with van der Waals surface area (Å²) in [5.41, 5.74) is 2.65. The van der Waals surface area contributed by atoms with Crippen LogP contribution in [0.3, 0.4) is 0 Å². The third-order valence-electron chi connectivity index (χ3n) is 7.20. The Hall–Kier alpha value is -1.13. The van der Waals surface area contributed by atoms with E-state index in [9.17, 15) is 0 Å². The summed E-state index contributed by atoms with van der Waals surface area (Å²) in [5, 5.41) is 4.69. The van der Waals surface area contributed by atoms with Gasteiger partial charge < -0.3 is 4.74 Å². The van der Waals surface area contributed by atoms with E-state index in [4.69, 9.17) is 4.74 Å². The third-order valence-corrected chi connectivity index (χ3v) is 7.20. The highest BCUT2D eigenvalue weighted by atomic mass is 16.5. The first-order valence-electron chi connectivity index (χ1n) is 11.8. The first kappa shape index (κ1) is 20.2. The number of hydrogen-bond donors (Lipinski definition) is 0. The van der Waals surface area contributed by atoms with Gasteiger partial charge in [0.2, 0.25) is 0 Å². The molecule has 4 rings (SSSR count). The minimum atomic E-state index is 0.522. The van der Waals surface area contributed by atoms with E-state index in [0.717, 1.165) is 25.0 Å². The van der Waals surface area contributed by atoms with Crippen molar-refractivity contribution in [3.63, 3.8) is 0 Å². The van der Waals surface area contributed by atoms with Gasteiger partial charge in [0.15, 0.2) is 0 Å². The number of piperidine rings is 1. The van der Waals surface area contributed by atoms with Gasteiger partial charge in [-0.3, -0.25) is 9.58 Å². The number of aromatic nitrogens is 2.